The number of carbonyl (C=O) groups is 2. The van der Waals surface area contributed by atoms with Crippen LogP contribution in [0.15, 0.2) is 18.2 Å². The molecule has 5 nitrogen and oxygen atoms in total. The number of carbonyl (C=O) groups excluding carboxylic acids is 1. The van der Waals surface area contributed by atoms with Gasteiger partial charge in [0.05, 0.1) is 18.0 Å². The van der Waals surface area contributed by atoms with Gasteiger partial charge < -0.3 is 16.6 Å². The molecule has 1 rings (SSSR count). The van der Waals surface area contributed by atoms with Gasteiger partial charge in [0.15, 0.2) is 0 Å². The first-order chi connectivity index (χ1) is 9.52. The molecule has 21 heavy (non-hydrogen) atoms. The number of benzene rings is 1. The highest BCUT2D eigenvalue weighted by molar-refractivity contribution is 6.30. The van der Waals surface area contributed by atoms with E-state index in [1.807, 2.05) is 0 Å². The van der Waals surface area contributed by atoms with Crippen LogP contribution in [0.5, 0.6) is 0 Å². The molecular weight excluding hydrogens is 313 g/mol. The lowest BCUT2D eigenvalue weighted by molar-refractivity contribution is -0.138. The molecule has 0 aromatic heterocycles. The van der Waals surface area contributed by atoms with E-state index in [-0.39, 0.29) is 10.6 Å². The predicted molar refractivity (Wildman–Crippen MR) is 68.6 cm³/mol. The first kappa shape index (κ1) is 17.3. The van der Waals surface area contributed by atoms with Crippen molar-refractivity contribution in [2.24, 2.45) is 11.5 Å². The first-order valence-corrected chi connectivity index (χ1v) is 6.04. The summed E-state index contributed by atoms with van der Waals surface area (Å²) in [7, 11) is 0. The summed E-state index contributed by atoms with van der Waals surface area (Å²) in [5, 5.41) is 8.57. The topological polar surface area (TPSA) is 106 Å². The Morgan fingerprint density at radius 1 is 1.29 bits per heavy atom. The highest BCUT2D eigenvalue weighted by Crippen LogP contribution is 2.35. The van der Waals surface area contributed by atoms with Crippen LogP contribution in [0, 0.1) is 0 Å². The summed E-state index contributed by atoms with van der Waals surface area (Å²) >= 11 is 5.62. The van der Waals surface area contributed by atoms with Crippen molar-refractivity contribution in [3.63, 3.8) is 0 Å². The minimum atomic E-state index is -4.66. The van der Waals surface area contributed by atoms with E-state index in [0.717, 1.165) is 6.07 Å². The molecule has 0 aliphatic heterocycles. The van der Waals surface area contributed by atoms with E-state index in [0.29, 0.717) is 12.1 Å². The summed E-state index contributed by atoms with van der Waals surface area (Å²) in [6, 6.07) is 1.09. The molecule has 1 aromatic rings. The summed E-state index contributed by atoms with van der Waals surface area (Å²) in [5.41, 5.74) is 9.32. The Hall–Kier alpha value is -1.80. The number of hydrogen-bond donors (Lipinski definition) is 3. The summed E-state index contributed by atoms with van der Waals surface area (Å²) in [6.45, 7) is 0. The lowest BCUT2D eigenvalue weighted by Crippen LogP contribution is -2.42. The van der Waals surface area contributed by atoms with Gasteiger partial charge in [0.2, 0.25) is 5.91 Å². The highest BCUT2D eigenvalue weighted by atomic mass is 35.5. The van der Waals surface area contributed by atoms with E-state index in [1.165, 1.54) is 0 Å². The lowest BCUT2D eigenvalue weighted by Gasteiger charge is -2.21. The molecule has 0 spiro atoms. The third kappa shape index (κ3) is 4.61. The van der Waals surface area contributed by atoms with Gasteiger partial charge in [0.25, 0.3) is 0 Å². The molecule has 0 fully saturated rings. The quantitative estimate of drug-likeness (QED) is 0.766. The smallest absolute Gasteiger partial charge is 0.416 e. The molecule has 1 unspecified atom stereocenters. The second-order valence-electron chi connectivity index (χ2n) is 4.40. The molecule has 116 valence electrons. The van der Waals surface area contributed by atoms with E-state index >= 15 is 0 Å². The number of rotatable bonds is 5. The van der Waals surface area contributed by atoms with E-state index in [1.54, 1.807) is 0 Å². The Balaban J connectivity index is 3.33. The molecule has 0 saturated heterocycles. The molecule has 0 saturated carbocycles. The fourth-order valence-corrected chi connectivity index (χ4v) is 2.07. The number of primary amides is 1. The zero-order valence-corrected chi connectivity index (χ0v) is 11.3. The molecule has 9 heteroatoms. The number of carboxylic acid groups (broad SMARTS) is 1. The van der Waals surface area contributed by atoms with Gasteiger partial charge in [-0.2, -0.15) is 13.2 Å². The predicted octanol–water partition coefficient (Wildman–Crippen LogP) is 1.73. The zero-order valence-electron chi connectivity index (χ0n) is 10.5. The zero-order chi connectivity index (χ0) is 16.4. The molecular formula is C12H12ClF3N2O3. The van der Waals surface area contributed by atoms with Crippen molar-refractivity contribution in [3.8, 4) is 0 Å². The Kier molecular flexibility index (Phi) is 5.19. The van der Waals surface area contributed by atoms with E-state index in [4.69, 9.17) is 28.2 Å². The summed E-state index contributed by atoms with van der Waals surface area (Å²) < 4.78 is 38.2. The number of alkyl halides is 3. The average molecular weight is 325 g/mol. The Labute approximate surface area is 122 Å². The number of amides is 1. The Morgan fingerprint density at radius 3 is 2.29 bits per heavy atom. The van der Waals surface area contributed by atoms with Crippen molar-refractivity contribution in [1.29, 1.82) is 0 Å². The molecule has 5 N–H and O–H groups in total. The molecule has 0 bridgehead atoms. The summed E-state index contributed by atoms with van der Waals surface area (Å²) in [6.07, 6.45) is -5.31. The largest absolute Gasteiger partial charge is 0.481 e. The minimum absolute atomic E-state index is 0.108. The molecule has 0 aliphatic rings. The van der Waals surface area contributed by atoms with Crippen LogP contribution in [0.3, 0.4) is 0 Å². The van der Waals surface area contributed by atoms with Crippen LogP contribution in [0.25, 0.3) is 0 Å². The van der Waals surface area contributed by atoms with Crippen molar-refractivity contribution >= 4 is 23.5 Å². The normalized spacial score (nSPS) is 14.5. The van der Waals surface area contributed by atoms with Crippen LogP contribution in [0.2, 0.25) is 5.02 Å². The number of halogens is 4. The van der Waals surface area contributed by atoms with E-state index in [2.05, 4.69) is 0 Å². The van der Waals surface area contributed by atoms with Crippen molar-refractivity contribution in [3.05, 3.63) is 34.3 Å². The second-order valence-corrected chi connectivity index (χ2v) is 4.84. The summed E-state index contributed by atoms with van der Waals surface area (Å²) in [5.74, 6) is -3.56. The third-order valence-electron chi connectivity index (χ3n) is 2.83. The van der Waals surface area contributed by atoms with Gasteiger partial charge in [0.1, 0.15) is 0 Å². The highest BCUT2D eigenvalue weighted by Gasteiger charge is 2.33. The number of hydrogen-bond acceptors (Lipinski definition) is 3. The van der Waals surface area contributed by atoms with Crippen molar-refractivity contribution in [1.82, 2.24) is 0 Å². The number of carboxylic acids is 1. The number of aliphatic carboxylic acids is 1. The fourth-order valence-electron chi connectivity index (χ4n) is 1.83. The van der Waals surface area contributed by atoms with E-state index < -0.39 is 42.0 Å². The van der Waals surface area contributed by atoms with Crippen molar-refractivity contribution in [2.45, 2.75) is 24.6 Å². The molecule has 0 heterocycles. The molecule has 0 aliphatic carbocycles. The molecule has 0 radical (unpaired) electrons. The van der Waals surface area contributed by atoms with Gasteiger partial charge in [-0.05, 0) is 23.8 Å². The van der Waals surface area contributed by atoms with Crippen LogP contribution in [0.4, 0.5) is 13.2 Å². The fraction of sp³-hybridized carbons (Fsp3) is 0.333. The standard InChI is InChI=1S/C12H12ClF3N2O3/c13-7-2-5(1-6(3-7)12(14,15)16)8(4-9(19)20)10(17)11(18)21/h1-3,8,10H,4,17H2,(H2,18,21)(H,19,20)/t8-,10?/m0/s1. The maximum absolute atomic E-state index is 12.7. The molecule has 2 atom stereocenters. The van der Waals surface area contributed by atoms with Gasteiger partial charge in [0, 0.05) is 10.9 Å². The van der Waals surface area contributed by atoms with Gasteiger partial charge in [-0.3, -0.25) is 9.59 Å². The average Bonchev–Trinajstić information content (AvgIpc) is 2.32. The third-order valence-corrected chi connectivity index (χ3v) is 3.05. The van der Waals surface area contributed by atoms with Crippen molar-refractivity contribution in [2.75, 3.05) is 0 Å². The first-order valence-electron chi connectivity index (χ1n) is 5.66. The maximum Gasteiger partial charge on any atom is 0.416 e. The van der Waals surface area contributed by atoms with Crippen LogP contribution in [-0.2, 0) is 15.8 Å². The summed E-state index contributed by atoms with van der Waals surface area (Å²) in [4.78, 5) is 21.9. The minimum Gasteiger partial charge on any atom is -0.481 e. The lowest BCUT2D eigenvalue weighted by atomic mass is 9.87. The van der Waals surface area contributed by atoms with Gasteiger partial charge >= 0.3 is 12.1 Å². The monoisotopic (exact) mass is 324 g/mol. The second kappa shape index (κ2) is 6.31. The van der Waals surface area contributed by atoms with Crippen LogP contribution in [0.1, 0.15) is 23.5 Å². The Bertz CT molecular complexity index is 563. The number of nitrogens with two attached hydrogens (primary N) is 2. The van der Waals surface area contributed by atoms with E-state index in [9.17, 15) is 22.8 Å². The SMILES string of the molecule is NC(=O)C(N)[C@@H](CC(=O)O)c1cc(Cl)cc(C(F)(F)F)c1. The molecule has 1 aromatic carbocycles. The van der Waals surface area contributed by atoms with Gasteiger partial charge in [-0.15, -0.1) is 0 Å². The Morgan fingerprint density at radius 2 is 1.86 bits per heavy atom. The van der Waals surface area contributed by atoms with Crippen LogP contribution in [-0.4, -0.2) is 23.0 Å². The van der Waals surface area contributed by atoms with Crippen LogP contribution < -0.4 is 11.5 Å². The van der Waals surface area contributed by atoms with Crippen LogP contribution >= 0.6 is 11.6 Å². The van der Waals surface area contributed by atoms with Gasteiger partial charge in [-0.1, -0.05) is 11.6 Å². The molecule has 1 amide bonds. The maximum atomic E-state index is 12.7. The van der Waals surface area contributed by atoms with Crippen molar-refractivity contribution < 1.29 is 27.9 Å². The van der Waals surface area contributed by atoms with Gasteiger partial charge in [-0.25, -0.2) is 0 Å².